The minimum atomic E-state index is -5.14. The molecule has 0 saturated heterocycles. The number of alkyl halides is 5. The van der Waals surface area contributed by atoms with Crippen LogP contribution in [0.3, 0.4) is 0 Å². The van der Waals surface area contributed by atoms with Crippen LogP contribution >= 0.6 is 0 Å². The Kier molecular flexibility index (Phi) is 4.81. The maximum atomic E-state index is 12.1. The predicted octanol–water partition coefficient (Wildman–Crippen LogP) is 1.18. The van der Waals surface area contributed by atoms with E-state index in [1.807, 2.05) is 0 Å². The predicted molar refractivity (Wildman–Crippen MR) is 41.9 cm³/mol. The SMILES string of the molecule is C#[N+]C(=O)C(NC(=O)CC(F)F)C(F)(F)F. The summed E-state index contributed by atoms with van der Waals surface area (Å²) in [7, 11) is 0. The fourth-order valence-corrected chi connectivity index (χ4v) is 0.718. The molecule has 0 heterocycles. The first-order valence-electron chi connectivity index (χ1n) is 3.77. The van der Waals surface area contributed by atoms with Crippen molar-refractivity contribution in [3.8, 4) is 6.57 Å². The van der Waals surface area contributed by atoms with E-state index in [0.29, 0.717) is 0 Å². The van der Waals surface area contributed by atoms with Crippen LogP contribution in [-0.2, 0) is 9.59 Å². The van der Waals surface area contributed by atoms with Gasteiger partial charge in [-0.05, 0) is 0 Å². The lowest BCUT2D eigenvalue weighted by Gasteiger charge is -2.13. The van der Waals surface area contributed by atoms with Gasteiger partial charge in [-0.25, -0.2) is 8.78 Å². The first-order chi connectivity index (χ1) is 7.18. The standard InChI is InChI=1S/C7H5F5N2O2/c1-13-6(16)5(7(10,11)12)14-4(15)2-3(8)9/h1,3,5H,2H2/p+1. The number of carbonyl (C=O) groups is 2. The Hall–Kier alpha value is -1.72. The molecular weight excluding hydrogens is 239 g/mol. The van der Waals surface area contributed by atoms with E-state index in [-0.39, 0.29) is 0 Å². The van der Waals surface area contributed by atoms with Gasteiger partial charge in [0.05, 0.1) is 6.42 Å². The minimum absolute atomic E-state index is 1.07. The Bertz CT molecular complexity index is 320. The maximum Gasteiger partial charge on any atom is 0.546 e. The van der Waals surface area contributed by atoms with Crippen LogP contribution in [0.2, 0.25) is 0 Å². The number of amides is 2. The molecule has 0 aromatic carbocycles. The second kappa shape index (κ2) is 5.39. The van der Waals surface area contributed by atoms with Crippen LogP contribution in [-0.4, -0.2) is 30.5 Å². The largest absolute Gasteiger partial charge is 0.546 e. The van der Waals surface area contributed by atoms with Gasteiger partial charge in [0.25, 0.3) is 12.6 Å². The lowest BCUT2D eigenvalue weighted by atomic mass is 10.2. The summed E-state index contributed by atoms with van der Waals surface area (Å²) < 4.78 is 59.6. The molecule has 16 heavy (non-hydrogen) atoms. The Labute approximate surface area is 86.2 Å². The number of rotatable bonds is 4. The number of hydrogen-bond donors (Lipinski definition) is 1. The molecule has 0 radical (unpaired) electrons. The van der Waals surface area contributed by atoms with E-state index >= 15 is 0 Å². The molecule has 0 rings (SSSR count). The van der Waals surface area contributed by atoms with Crippen molar-refractivity contribution in [3.05, 3.63) is 4.85 Å². The first-order valence-corrected chi connectivity index (χ1v) is 3.77. The maximum absolute atomic E-state index is 12.1. The molecule has 0 bridgehead atoms. The van der Waals surface area contributed by atoms with Gasteiger partial charge < -0.3 is 5.32 Å². The number of nitrogens with one attached hydrogen (secondary N) is 1. The summed E-state index contributed by atoms with van der Waals surface area (Å²) in [6.07, 6.45) is -9.69. The van der Waals surface area contributed by atoms with Crippen LogP contribution in [0.4, 0.5) is 22.0 Å². The van der Waals surface area contributed by atoms with Crippen molar-refractivity contribution in [3.63, 3.8) is 0 Å². The van der Waals surface area contributed by atoms with Crippen LogP contribution in [0, 0.1) is 6.57 Å². The highest BCUT2D eigenvalue weighted by Gasteiger charge is 2.51. The van der Waals surface area contributed by atoms with E-state index in [0.717, 1.165) is 5.32 Å². The highest BCUT2D eigenvalue weighted by Crippen LogP contribution is 2.21. The van der Waals surface area contributed by atoms with Crippen molar-refractivity contribution in [1.29, 1.82) is 0 Å². The van der Waals surface area contributed by atoms with E-state index in [9.17, 15) is 31.5 Å². The second-order valence-electron chi connectivity index (χ2n) is 2.60. The van der Waals surface area contributed by atoms with Crippen molar-refractivity contribution < 1.29 is 31.5 Å². The highest BCUT2D eigenvalue weighted by atomic mass is 19.4. The summed E-state index contributed by atoms with van der Waals surface area (Å²) in [6.45, 7) is 4.32. The molecule has 1 atom stereocenters. The Morgan fingerprint density at radius 3 is 2.12 bits per heavy atom. The van der Waals surface area contributed by atoms with E-state index in [4.69, 9.17) is 0 Å². The van der Waals surface area contributed by atoms with E-state index in [1.165, 1.54) is 0 Å². The summed E-state index contributed by atoms with van der Waals surface area (Å²) in [4.78, 5) is 23.4. The molecule has 0 aliphatic carbocycles. The first kappa shape index (κ1) is 14.3. The molecule has 0 saturated carbocycles. The zero-order valence-electron chi connectivity index (χ0n) is 7.59. The Morgan fingerprint density at radius 2 is 1.81 bits per heavy atom. The summed E-state index contributed by atoms with van der Waals surface area (Å²) in [6, 6.07) is -3.00. The Balaban J connectivity index is 4.65. The third-order valence-electron chi connectivity index (χ3n) is 1.35. The van der Waals surface area contributed by atoms with E-state index < -0.39 is 36.9 Å². The molecule has 90 valence electrons. The van der Waals surface area contributed by atoms with Gasteiger partial charge in [-0.3, -0.25) is 4.79 Å². The van der Waals surface area contributed by atoms with Gasteiger partial charge >= 0.3 is 12.1 Å². The van der Waals surface area contributed by atoms with Crippen molar-refractivity contribution >= 4 is 11.8 Å². The molecule has 0 aliphatic heterocycles. The molecule has 4 nitrogen and oxygen atoms in total. The molecule has 1 unspecified atom stereocenters. The summed E-state index contributed by atoms with van der Waals surface area (Å²) in [5, 5.41) is 1.07. The van der Waals surface area contributed by atoms with Gasteiger partial charge in [-0.2, -0.15) is 18.0 Å². The van der Waals surface area contributed by atoms with Crippen LogP contribution in [0.25, 0.3) is 4.85 Å². The molecule has 0 spiro atoms. The van der Waals surface area contributed by atoms with Crippen LogP contribution in [0.15, 0.2) is 0 Å². The monoisotopic (exact) mass is 245 g/mol. The fraction of sp³-hybridized carbons (Fsp3) is 0.571. The topological polar surface area (TPSA) is 50.5 Å². The minimum Gasteiger partial charge on any atom is -0.331 e. The van der Waals surface area contributed by atoms with Crippen LogP contribution in [0.5, 0.6) is 0 Å². The second-order valence-corrected chi connectivity index (χ2v) is 2.60. The average molecular weight is 245 g/mol. The fourth-order valence-electron chi connectivity index (χ4n) is 0.718. The molecule has 9 heteroatoms. The van der Waals surface area contributed by atoms with Gasteiger partial charge in [-0.1, -0.05) is 0 Å². The number of carbonyl (C=O) groups excluding carboxylic acids is 2. The molecule has 0 aromatic rings. The number of nitrogens with zero attached hydrogens (tertiary/aromatic N) is 1. The highest BCUT2D eigenvalue weighted by molar-refractivity contribution is 5.95. The number of halogens is 5. The smallest absolute Gasteiger partial charge is 0.331 e. The molecular formula is C7H6F5N2O2+. The Morgan fingerprint density at radius 1 is 1.31 bits per heavy atom. The van der Waals surface area contributed by atoms with Gasteiger partial charge in [0.2, 0.25) is 12.3 Å². The van der Waals surface area contributed by atoms with E-state index in [1.54, 1.807) is 0 Å². The van der Waals surface area contributed by atoms with Crippen LogP contribution < -0.4 is 5.32 Å². The van der Waals surface area contributed by atoms with Gasteiger partial charge in [0.1, 0.15) is 0 Å². The van der Waals surface area contributed by atoms with Gasteiger partial charge in [0, 0.05) is 4.85 Å². The average Bonchev–Trinajstić information content (AvgIpc) is 2.10. The third-order valence-corrected chi connectivity index (χ3v) is 1.35. The van der Waals surface area contributed by atoms with Gasteiger partial charge in [-0.15, -0.1) is 0 Å². The quantitative estimate of drug-likeness (QED) is 0.756. The van der Waals surface area contributed by atoms with Crippen molar-refractivity contribution in [1.82, 2.24) is 5.32 Å². The summed E-state index contributed by atoms with van der Waals surface area (Å²) in [5.74, 6) is -3.48. The summed E-state index contributed by atoms with van der Waals surface area (Å²) in [5.41, 5.74) is 0. The zero-order valence-corrected chi connectivity index (χ0v) is 7.59. The molecule has 2 amide bonds. The van der Waals surface area contributed by atoms with E-state index in [2.05, 4.69) is 11.4 Å². The normalized spacial score (nSPS) is 13.1. The lowest BCUT2D eigenvalue weighted by Crippen LogP contribution is -2.50. The summed E-state index contributed by atoms with van der Waals surface area (Å²) >= 11 is 0. The third kappa shape index (κ3) is 4.68. The van der Waals surface area contributed by atoms with Crippen LogP contribution in [0.1, 0.15) is 6.42 Å². The zero-order chi connectivity index (χ0) is 12.9. The van der Waals surface area contributed by atoms with Crippen molar-refractivity contribution in [2.45, 2.75) is 25.1 Å². The van der Waals surface area contributed by atoms with Crippen molar-refractivity contribution in [2.24, 2.45) is 0 Å². The molecule has 0 aromatic heterocycles. The molecule has 0 aliphatic rings. The molecule has 1 N–H and O–H groups in total. The van der Waals surface area contributed by atoms with Gasteiger partial charge in [0.15, 0.2) is 0 Å². The van der Waals surface area contributed by atoms with Crippen molar-refractivity contribution in [2.75, 3.05) is 0 Å². The lowest BCUT2D eigenvalue weighted by molar-refractivity contribution is -0.168. The number of hydrogen-bond acceptors (Lipinski definition) is 2. The molecule has 0 fully saturated rings.